The number of rotatable bonds is 5. The largest absolute Gasteiger partial charge is 0.452 e. The van der Waals surface area contributed by atoms with Gasteiger partial charge in [-0.25, -0.2) is 9.78 Å². The Kier molecular flexibility index (Phi) is 6.23. The molecule has 3 heterocycles. The lowest BCUT2D eigenvalue weighted by atomic mass is 10.1. The maximum Gasteiger partial charge on any atom is 0.338 e. The number of carbonyl (C=O) groups excluding carboxylic acids is 2. The molecule has 0 saturated carbocycles. The fourth-order valence-electron chi connectivity index (χ4n) is 3.59. The highest BCUT2D eigenvalue weighted by molar-refractivity contribution is 7.09. The van der Waals surface area contributed by atoms with Crippen molar-refractivity contribution in [1.82, 2.24) is 14.9 Å². The van der Waals surface area contributed by atoms with Gasteiger partial charge >= 0.3 is 5.97 Å². The number of nitrogens with zero attached hydrogens (tertiary/aromatic N) is 2. The van der Waals surface area contributed by atoms with E-state index in [1.54, 1.807) is 34.1 Å². The maximum absolute atomic E-state index is 12.9. The van der Waals surface area contributed by atoms with E-state index < -0.39 is 5.97 Å². The van der Waals surface area contributed by atoms with Crippen LogP contribution in [-0.2, 0) is 29.0 Å². The van der Waals surface area contributed by atoms with Crippen LogP contribution in [-0.4, -0.2) is 28.0 Å². The number of hydrogen-bond acceptors (Lipinski definition) is 6. The van der Waals surface area contributed by atoms with E-state index in [1.165, 1.54) is 0 Å². The highest BCUT2D eigenvalue weighted by atomic mass is 32.1. The van der Waals surface area contributed by atoms with Crippen LogP contribution in [0.1, 0.15) is 46.7 Å². The predicted molar refractivity (Wildman–Crippen MR) is 115 cm³/mol. The van der Waals surface area contributed by atoms with Crippen molar-refractivity contribution in [2.45, 2.75) is 45.2 Å². The minimum Gasteiger partial charge on any atom is -0.452 e. The number of hydrogen-bond donors (Lipinski definition) is 1. The molecule has 7 nitrogen and oxygen atoms in total. The summed E-state index contributed by atoms with van der Waals surface area (Å²) >= 11 is 1.54. The summed E-state index contributed by atoms with van der Waals surface area (Å²) in [5.41, 5.74) is 0.699. The standard InChI is InChI=1S/C22H23N3O4S/c26-20(23-13-16-6-5-11-30-16)14-29-22(28)15-8-9-17-18(12-15)24-19-7-3-1-2-4-10-25(19)21(17)27/h5-6,8-9,11-12H,1-4,7,10,13-14H2,(H,23,26). The van der Waals surface area contributed by atoms with E-state index in [2.05, 4.69) is 10.3 Å². The monoisotopic (exact) mass is 425 g/mol. The van der Waals surface area contributed by atoms with Gasteiger partial charge in [-0.05, 0) is 42.5 Å². The number of nitrogens with one attached hydrogen (secondary N) is 1. The van der Waals surface area contributed by atoms with Crippen molar-refractivity contribution in [3.63, 3.8) is 0 Å². The predicted octanol–water partition coefficient (Wildman–Crippen LogP) is 3.05. The molecule has 30 heavy (non-hydrogen) atoms. The Morgan fingerprint density at radius 2 is 2.03 bits per heavy atom. The van der Waals surface area contributed by atoms with Gasteiger partial charge in [0.1, 0.15) is 5.82 Å². The number of amides is 1. The van der Waals surface area contributed by atoms with Gasteiger partial charge in [-0.15, -0.1) is 11.3 Å². The Balaban J connectivity index is 1.45. The summed E-state index contributed by atoms with van der Waals surface area (Å²) in [6.45, 7) is 0.729. The number of carbonyl (C=O) groups is 2. The van der Waals surface area contributed by atoms with Crippen LogP contribution < -0.4 is 10.9 Å². The second kappa shape index (κ2) is 9.21. The first-order valence-electron chi connectivity index (χ1n) is 10.1. The molecule has 156 valence electrons. The van der Waals surface area contributed by atoms with Crippen molar-refractivity contribution in [1.29, 1.82) is 0 Å². The molecule has 1 N–H and O–H groups in total. The van der Waals surface area contributed by atoms with E-state index in [0.29, 0.717) is 24.0 Å². The third-order valence-electron chi connectivity index (χ3n) is 5.18. The van der Waals surface area contributed by atoms with E-state index in [0.717, 1.165) is 42.8 Å². The molecule has 1 aromatic carbocycles. The van der Waals surface area contributed by atoms with E-state index in [4.69, 9.17) is 4.74 Å². The summed E-state index contributed by atoms with van der Waals surface area (Å²) in [7, 11) is 0. The van der Waals surface area contributed by atoms with Crippen LogP contribution >= 0.6 is 11.3 Å². The molecular weight excluding hydrogens is 402 g/mol. The summed E-state index contributed by atoms with van der Waals surface area (Å²) in [5.74, 6) is -0.210. The van der Waals surface area contributed by atoms with Gasteiger partial charge in [0.25, 0.3) is 11.5 Å². The van der Waals surface area contributed by atoms with Crippen molar-refractivity contribution in [3.05, 3.63) is 62.3 Å². The molecule has 0 spiro atoms. The van der Waals surface area contributed by atoms with Crippen LogP contribution in [0.5, 0.6) is 0 Å². The number of benzene rings is 1. The third kappa shape index (κ3) is 4.59. The van der Waals surface area contributed by atoms with Gasteiger partial charge in [0.05, 0.1) is 23.0 Å². The minimum atomic E-state index is -0.614. The summed E-state index contributed by atoms with van der Waals surface area (Å²) in [5, 5.41) is 5.13. The van der Waals surface area contributed by atoms with Crippen molar-refractivity contribution in [2.75, 3.05) is 6.61 Å². The van der Waals surface area contributed by atoms with Gasteiger partial charge in [-0.1, -0.05) is 18.9 Å². The summed E-state index contributed by atoms with van der Waals surface area (Å²) in [6, 6.07) is 8.57. The molecule has 4 rings (SSSR count). The van der Waals surface area contributed by atoms with Crippen LogP contribution in [0.2, 0.25) is 0 Å². The minimum absolute atomic E-state index is 0.0650. The lowest BCUT2D eigenvalue weighted by Gasteiger charge is -2.16. The van der Waals surface area contributed by atoms with Crippen LogP contribution in [0.15, 0.2) is 40.5 Å². The molecule has 3 aromatic rings. The van der Waals surface area contributed by atoms with Crippen molar-refractivity contribution in [2.24, 2.45) is 0 Å². The Morgan fingerprint density at radius 3 is 2.87 bits per heavy atom. The number of fused-ring (bicyclic) bond motifs is 2. The zero-order valence-corrected chi connectivity index (χ0v) is 17.4. The third-order valence-corrected chi connectivity index (χ3v) is 6.05. The Morgan fingerprint density at radius 1 is 1.17 bits per heavy atom. The summed E-state index contributed by atoms with van der Waals surface area (Å²) in [4.78, 5) is 42.8. The normalized spacial score (nSPS) is 13.9. The van der Waals surface area contributed by atoms with Gasteiger partial charge in [0.2, 0.25) is 0 Å². The Hall–Kier alpha value is -3.00. The van der Waals surface area contributed by atoms with Gasteiger partial charge in [-0.3, -0.25) is 14.2 Å². The van der Waals surface area contributed by atoms with Gasteiger partial charge in [-0.2, -0.15) is 0 Å². The lowest BCUT2D eigenvalue weighted by Crippen LogP contribution is -2.28. The average molecular weight is 426 g/mol. The zero-order valence-electron chi connectivity index (χ0n) is 16.6. The van der Waals surface area contributed by atoms with E-state index in [1.807, 2.05) is 17.5 Å². The molecule has 1 aliphatic rings. The Labute approximate surface area is 177 Å². The van der Waals surface area contributed by atoms with Crippen molar-refractivity contribution < 1.29 is 14.3 Å². The summed E-state index contributed by atoms with van der Waals surface area (Å²) < 4.78 is 6.89. The van der Waals surface area contributed by atoms with E-state index in [-0.39, 0.29) is 23.6 Å². The van der Waals surface area contributed by atoms with E-state index in [9.17, 15) is 14.4 Å². The fourth-order valence-corrected chi connectivity index (χ4v) is 4.23. The van der Waals surface area contributed by atoms with Crippen molar-refractivity contribution >= 4 is 34.1 Å². The topological polar surface area (TPSA) is 90.3 Å². The SMILES string of the molecule is O=C(COC(=O)c1ccc2c(=O)n3c(nc2c1)CCCCCC3)NCc1cccs1. The molecule has 1 amide bonds. The van der Waals surface area contributed by atoms with Crippen LogP contribution in [0.4, 0.5) is 0 Å². The molecule has 1 aliphatic heterocycles. The first-order valence-corrected chi connectivity index (χ1v) is 11.0. The number of esters is 1. The molecule has 0 radical (unpaired) electrons. The van der Waals surface area contributed by atoms with Crippen LogP contribution in [0.25, 0.3) is 10.9 Å². The maximum atomic E-state index is 12.9. The highest BCUT2D eigenvalue weighted by Crippen LogP contribution is 2.17. The molecule has 0 unspecified atom stereocenters. The molecule has 8 heteroatoms. The lowest BCUT2D eigenvalue weighted by molar-refractivity contribution is -0.124. The number of aryl methyl sites for hydroxylation is 1. The van der Waals surface area contributed by atoms with Crippen molar-refractivity contribution in [3.8, 4) is 0 Å². The van der Waals surface area contributed by atoms with Crippen LogP contribution in [0, 0.1) is 0 Å². The molecule has 0 aliphatic carbocycles. The zero-order chi connectivity index (χ0) is 20.9. The van der Waals surface area contributed by atoms with Gasteiger partial charge in [0, 0.05) is 17.8 Å². The van der Waals surface area contributed by atoms with Crippen LogP contribution in [0.3, 0.4) is 0 Å². The molecule has 0 bridgehead atoms. The first kappa shape index (κ1) is 20.3. The molecule has 0 saturated heterocycles. The number of thiophene rings is 1. The molecule has 0 atom stereocenters. The average Bonchev–Trinajstić information content (AvgIpc) is 3.25. The quantitative estimate of drug-likeness (QED) is 0.635. The second-order valence-electron chi connectivity index (χ2n) is 7.31. The smallest absolute Gasteiger partial charge is 0.338 e. The molecule has 0 fully saturated rings. The fraction of sp³-hybridized carbons (Fsp3) is 0.364. The number of aromatic nitrogens is 2. The Bertz CT molecular complexity index is 1120. The van der Waals surface area contributed by atoms with Gasteiger partial charge in [0.15, 0.2) is 6.61 Å². The first-order chi connectivity index (χ1) is 14.6. The molecule has 2 aromatic heterocycles. The highest BCUT2D eigenvalue weighted by Gasteiger charge is 2.16. The second-order valence-corrected chi connectivity index (χ2v) is 8.35. The summed E-state index contributed by atoms with van der Waals surface area (Å²) in [6.07, 6.45) is 4.98. The van der Waals surface area contributed by atoms with E-state index >= 15 is 0 Å². The molecular formula is C22H23N3O4S. The van der Waals surface area contributed by atoms with Gasteiger partial charge < -0.3 is 10.1 Å². The number of ether oxygens (including phenoxy) is 1.